The Kier molecular flexibility index (Phi) is 3.69. The molecule has 1 aliphatic rings. The first kappa shape index (κ1) is 13.1. The number of hydrogen-bond acceptors (Lipinski definition) is 5. The monoisotopic (exact) mass is 273 g/mol. The molecule has 2 heterocycles. The standard InChI is InChI=1S/C15H19N3O2/c1-10-3-4-12(15-18-16-9-20-15)8-14(10)17-13-5-6-19-11(2)7-13/h3-4,8-9,11,13,17H,5-7H2,1-2H3. The lowest BCUT2D eigenvalue weighted by Gasteiger charge is -2.29. The summed E-state index contributed by atoms with van der Waals surface area (Å²) in [5.74, 6) is 0.549. The zero-order chi connectivity index (χ0) is 13.9. The third-order valence-corrected chi connectivity index (χ3v) is 3.69. The second-order valence-corrected chi connectivity index (χ2v) is 5.32. The van der Waals surface area contributed by atoms with Crippen molar-refractivity contribution in [3.05, 3.63) is 30.2 Å². The van der Waals surface area contributed by atoms with Crippen molar-refractivity contribution < 1.29 is 9.15 Å². The molecule has 0 amide bonds. The van der Waals surface area contributed by atoms with Crippen LogP contribution in [0, 0.1) is 6.92 Å². The summed E-state index contributed by atoms with van der Waals surface area (Å²) < 4.78 is 10.8. The normalized spacial score (nSPS) is 22.7. The number of hydrogen-bond donors (Lipinski definition) is 1. The molecule has 1 saturated heterocycles. The zero-order valence-electron chi connectivity index (χ0n) is 11.8. The SMILES string of the molecule is Cc1ccc(-c2nnco2)cc1NC1CCOC(C)C1. The van der Waals surface area contributed by atoms with Crippen LogP contribution in [0.25, 0.3) is 11.5 Å². The predicted molar refractivity (Wildman–Crippen MR) is 76.5 cm³/mol. The molecule has 1 aromatic carbocycles. The summed E-state index contributed by atoms with van der Waals surface area (Å²) in [7, 11) is 0. The second-order valence-electron chi connectivity index (χ2n) is 5.32. The highest BCUT2D eigenvalue weighted by molar-refractivity contribution is 5.64. The Bertz CT molecular complexity index is 569. The third kappa shape index (κ3) is 2.82. The topological polar surface area (TPSA) is 60.2 Å². The number of anilines is 1. The molecular weight excluding hydrogens is 254 g/mol. The molecule has 0 bridgehead atoms. The van der Waals surface area contributed by atoms with E-state index in [1.165, 1.54) is 12.0 Å². The summed E-state index contributed by atoms with van der Waals surface area (Å²) in [6, 6.07) is 6.60. The molecule has 2 atom stereocenters. The summed E-state index contributed by atoms with van der Waals surface area (Å²) in [6.07, 6.45) is 3.74. The average Bonchev–Trinajstić information content (AvgIpc) is 2.95. The molecule has 0 saturated carbocycles. The van der Waals surface area contributed by atoms with Crippen LogP contribution in [0.3, 0.4) is 0 Å². The van der Waals surface area contributed by atoms with Gasteiger partial charge in [-0.2, -0.15) is 0 Å². The summed E-state index contributed by atoms with van der Waals surface area (Å²) in [5, 5.41) is 11.3. The average molecular weight is 273 g/mol. The quantitative estimate of drug-likeness (QED) is 0.931. The number of benzene rings is 1. The predicted octanol–water partition coefficient (Wildman–Crippen LogP) is 3.02. The van der Waals surface area contributed by atoms with Gasteiger partial charge in [-0.1, -0.05) is 6.07 Å². The van der Waals surface area contributed by atoms with Crippen LogP contribution in [0.1, 0.15) is 25.3 Å². The Morgan fingerprint density at radius 3 is 3.00 bits per heavy atom. The van der Waals surface area contributed by atoms with Crippen molar-refractivity contribution in [1.82, 2.24) is 10.2 Å². The van der Waals surface area contributed by atoms with E-state index in [0.717, 1.165) is 30.7 Å². The number of ether oxygens (including phenoxy) is 1. The van der Waals surface area contributed by atoms with Gasteiger partial charge in [0, 0.05) is 23.9 Å². The maximum atomic E-state index is 5.59. The van der Waals surface area contributed by atoms with E-state index in [9.17, 15) is 0 Å². The molecule has 2 aromatic rings. The van der Waals surface area contributed by atoms with Gasteiger partial charge in [-0.15, -0.1) is 10.2 Å². The van der Waals surface area contributed by atoms with Gasteiger partial charge in [-0.25, -0.2) is 0 Å². The van der Waals surface area contributed by atoms with Gasteiger partial charge in [0.2, 0.25) is 12.3 Å². The van der Waals surface area contributed by atoms with Gasteiger partial charge in [0.15, 0.2) is 0 Å². The summed E-state index contributed by atoms with van der Waals surface area (Å²) in [6.45, 7) is 5.04. The Balaban J connectivity index is 1.80. The molecule has 3 rings (SSSR count). The molecule has 0 aliphatic carbocycles. The molecule has 0 spiro atoms. The van der Waals surface area contributed by atoms with E-state index in [-0.39, 0.29) is 0 Å². The van der Waals surface area contributed by atoms with E-state index in [2.05, 4.69) is 41.5 Å². The third-order valence-electron chi connectivity index (χ3n) is 3.69. The fraction of sp³-hybridized carbons (Fsp3) is 0.467. The fourth-order valence-corrected chi connectivity index (χ4v) is 2.56. The number of nitrogens with zero attached hydrogens (tertiary/aromatic N) is 2. The fourth-order valence-electron chi connectivity index (χ4n) is 2.56. The van der Waals surface area contributed by atoms with Crippen LogP contribution < -0.4 is 5.32 Å². The Labute approximate surface area is 118 Å². The Hall–Kier alpha value is -1.88. The van der Waals surface area contributed by atoms with Gasteiger partial charge in [0.05, 0.1) is 6.10 Å². The van der Waals surface area contributed by atoms with Crippen LogP contribution in [0.5, 0.6) is 0 Å². The minimum Gasteiger partial charge on any atom is -0.423 e. The molecule has 106 valence electrons. The molecule has 0 radical (unpaired) electrons. The van der Waals surface area contributed by atoms with Crippen LogP contribution >= 0.6 is 0 Å². The van der Waals surface area contributed by atoms with Crippen LogP contribution in [-0.2, 0) is 4.74 Å². The van der Waals surface area contributed by atoms with Crippen molar-refractivity contribution in [2.75, 3.05) is 11.9 Å². The van der Waals surface area contributed by atoms with E-state index in [0.29, 0.717) is 18.0 Å². The molecule has 1 aliphatic heterocycles. The van der Waals surface area contributed by atoms with Crippen LogP contribution in [-0.4, -0.2) is 29.0 Å². The van der Waals surface area contributed by atoms with Crippen molar-refractivity contribution in [1.29, 1.82) is 0 Å². The number of rotatable bonds is 3. The molecule has 1 N–H and O–H groups in total. The lowest BCUT2D eigenvalue weighted by atomic mass is 10.0. The molecule has 1 aromatic heterocycles. The van der Waals surface area contributed by atoms with Crippen molar-refractivity contribution in [3.8, 4) is 11.5 Å². The highest BCUT2D eigenvalue weighted by atomic mass is 16.5. The maximum absolute atomic E-state index is 5.59. The summed E-state index contributed by atoms with van der Waals surface area (Å²) >= 11 is 0. The minimum absolute atomic E-state index is 0.320. The van der Waals surface area contributed by atoms with Gasteiger partial charge in [-0.3, -0.25) is 0 Å². The van der Waals surface area contributed by atoms with Gasteiger partial charge in [0.1, 0.15) is 0 Å². The first-order valence-electron chi connectivity index (χ1n) is 6.97. The van der Waals surface area contributed by atoms with Crippen molar-refractivity contribution in [2.24, 2.45) is 0 Å². The molecule has 5 nitrogen and oxygen atoms in total. The molecule has 20 heavy (non-hydrogen) atoms. The summed E-state index contributed by atoms with van der Waals surface area (Å²) in [5.41, 5.74) is 3.28. The van der Waals surface area contributed by atoms with Gasteiger partial charge in [-0.05, 0) is 44.4 Å². The highest BCUT2D eigenvalue weighted by Crippen LogP contribution is 2.26. The van der Waals surface area contributed by atoms with E-state index < -0.39 is 0 Å². The molecule has 2 unspecified atom stereocenters. The van der Waals surface area contributed by atoms with Crippen molar-refractivity contribution in [3.63, 3.8) is 0 Å². The van der Waals surface area contributed by atoms with Gasteiger partial charge in [0.25, 0.3) is 0 Å². The smallest absolute Gasteiger partial charge is 0.247 e. The lowest BCUT2D eigenvalue weighted by Crippen LogP contribution is -2.32. The largest absolute Gasteiger partial charge is 0.423 e. The second kappa shape index (κ2) is 5.63. The zero-order valence-corrected chi connectivity index (χ0v) is 11.8. The minimum atomic E-state index is 0.320. The van der Waals surface area contributed by atoms with E-state index in [1.54, 1.807) is 0 Å². The van der Waals surface area contributed by atoms with Crippen LogP contribution in [0.15, 0.2) is 29.0 Å². The molecule has 5 heteroatoms. The van der Waals surface area contributed by atoms with Gasteiger partial charge >= 0.3 is 0 Å². The van der Waals surface area contributed by atoms with Crippen LogP contribution in [0.2, 0.25) is 0 Å². The van der Waals surface area contributed by atoms with E-state index in [4.69, 9.17) is 9.15 Å². The number of aromatic nitrogens is 2. The number of aryl methyl sites for hydroxylation is 1. The van der Waals surface area contributed by atoms with E-state index >= 15 is 0 Å². The summed E-state index contributed by atoms with van der Waals surface area (Å²) in [4.78, 5) is 0. The first-order chi connectivity index (χ1) is 9.72. The Morgan fingerprint density at radius 1 is 1.35 bits per heavy atom. The van der Waals surface area contributed by atoms with E-state index in [1.807, 2.05) is 6.07 Å². The Morgan fingerprint density at radius 2 is 2.25 bits per heavy atom. The number of nitrogens with one attached hydrogen (secondary N) is 1. The highest BCUT2D eigenvalue weighted by Gasteiger charge is 2.19. The van der Waals surface area contributed by atoms with Gasteiger partial charge < -0.3 is 14.5 Å². The van der Waals surface area contributed by atoms with Crippen molar-refractivity contribution >= 4 is 5.69 Å². The molecular formula is C15H19N3O2. The maximum Gasteiger partial charge on any atom is 0.247 e. The van der Waals surface area contributed by atoms with Crippen molar-refractivity contribution in [2.45, 2.75) is 38.8 Å². The first-order valence-corrected chi connectivity index (χ1v) is 6.97. The lowest BCUT2D eigenvalue weighted by molar-refractivity contribution is 0.0232. The van der Waals surface area contributed by atoms with Crippen LogP contribution in [0.4, 0.5) is 5.69 Å². The molecule has 1 fully saturated rings.